The predicted molar refractivity (Wildman–Crippen MR) is 52.2 cm³/mol. The van der Waals surface area contributed by atoms with Gasteiger partial charge >= 0.3 is 0 Å². The highest BCUT2D eigenvalue weighted by Gasteiger charge is 2.14. The monoisotopic (exact) mass is 181 g/mol. The fourth-order valence-corrected chi connectivity index (χ4v) is 1.84. The van der Waals surface area contributed by atoms with Crippen molar-refractivity contribution in [1.29, 1.82) is 5.26 Å². The summed E-state index contributed by atoms with van der Waals surface area (Å²) in [6.07, 6.45) is 8.20. The fourth-order valence-electron chi connectivity index (χ4n) is 1.84. The van der Waals surface area contributed by atoms with Crippen LogP contribution in [-0.2, 0) is 4.74 Å². The van der Waals surface area contributed by atoms with Gasteiger partial charge < -0.3 is 4.74 Å². The van der Waals surface area contributed by atoms with E-state index in [1.165, 1.54) is 25.7 Å². The van der Waals surface area contributed by atoms with Crippen LogP contribution in [0.15, 0.2) is 0 Å². The summed E-state index contributed by atoms with van der Waals surface area (Å²) in [4.78, 5) is 0. The van der Waals surface area contributed by atoms with Crippen molar-refractivity contribution in [2.75, 3.05) is 13.2 Å². The lowest BCUT2D eigenvalue weighted by molar-refractivity contribution is 0.0985. The summed E-state index contributed by atoms with van der Waals surface area (Å²) in [6, 6.07) is 2.14. The smallest absolute Gasteiger partial charge is 0.0621 e. The molecule has 1 saturated carbocycles. The average molecular weight is 181 g/mol. The molecule has 0 atom stereocenters. The van der Waals surface area contributed by atoms with Gasteiger partial charge in [0.05, 0.1) is 6.07 Å². The van der Waals surface area contributed by atoms with E-state index >= 15 is 0 Å². The first kappa shape index (κ1) is 10.5. The van der Waals surface area contributed by atoms with Crippen LogP contribution in [0.1, 0.15) is 44.9 Å². The normalized spacial score (nSPS) is 17.5. The third-order valence-corrected chi connectivity index (χ3v) is 2.66. The van der Waals surface area contributed by atoms with Gasteiger partial charge in [-0.2, -0.15) is 5.26 Å². The second-order valence-electron chi connectivity index (χ2n) is 3.84. The summed E-state index contributed by atoms with van der Waals surface area (Å²) in [6.45, 7) is 1.80. The van der Waals surface area contributed by atoms with E-state index in [-0.39, 0.29) is 0 Å². The quantitative estimate of drug-likeness (QED) is 0.590. The molecule has 0 N–H and O–H groups in total. The van der Waals surface area contributed by atoms with Crippen LogP contribution in [0, 0.1) is 17.2 Å². The second kappa shape index (κ2) is 6.91. The van der Waals surface area contributed by atoms with Crippen molar-refractivity contribution in [2.45, 2.75) is 44.9 Å². The van der Waals surface area contributed by atoms with Gasteiger partial charge in [-0.15, -0.1) is 0 Å². The van der Waals surface area contributed by atoms with Gasteiger partial charge in [-0.1, -0.05) is 12.8 Å². The van der Waals surface area contributed by atoms with E-state index < -0.39 is 0 Å². The molecule has 0 spiro atoms. The number of nitrogens with zero attached hydrogens (tertiary/aromatic N) is 1. The topological polar surface area (TPSA) is 33.0 Å². The van der Waals surface area contributed by atoms with E-state index in [2.05, 4.69) is 6.07 Å². The van der Waals surface area contributed by atoms with E-state index in [1.54, 1.807) is 0 Å². The molecule has 0 bridgehead atoms. The SMILES string of the molecule is N#CCCCCOCC1CCCC1. The van der Waals surface area contributed by atoms with Crippen molar-refractivity contribution in [1.82, 2.24) is 0 Å². The first-order valence-electron chi connectivity index (χ1n) is 5.38. The standard InChI is InChI=1S/C11H19NO/c12-8-4-1-5-9-13-10-11-6-2-3-7-11/h11H,1-7,9-10H2. The van der Waals surface area contributed by atoms with Gasteiger partial charge in [0.25, 0.3) is 0 Å². The first-order chi connectivity index (χ1) is 6.43. The van der Waals surface area contributed by atoms with Crippen LogP contribution < -0.4 is 0 Å². The van der Waals surface area contributed by atoms with Crippen LogP contribution >= 0.6 is 0 Å². The predicted octanol–water partition coefficient (Wildman–Crippen LogP) is 2.89. The molecule has 1 aliphatic rings. The molecule has 74 valence electrons. The molecule has 0 heterocycles. The Kier molecular flexibility index (Phi) is 5.60. The molecule has 1 rings (SSSR count). The van der Waals surface area contributed by atoms with E-state index in [0.29, 0.717) is 6.42 Å². The number of rotatable bonds is 6. The molecule has 0 unspecified atom stereocenters. The number of hydrogen-bond donors (Lipinski definition) is 0. The molecule has 2 heteroatoms. The van der Waals surface area contributed by atoms with E-state index in [4.69, 9.17) is 10.00 Å². The molecule has 0 aromatic carbocycles. The molecule has 13 heavy (non-hydrogen) atoms. The van der Waals surface area contributed by atoms with Gasteiger partial charge in [-0.25, -0.2) is 0 Å². The Morgan fingerprint density at radius 2 is 2.00 bits per heavy atom. The largest absolute Gasteiger partial charge is 0.381 e. The molecule has 1 fully saturated rings. The van der Waals surface area contributed by atoms with Crippen LogP contribution in [0.5, 0.6) is 0 Å². The number of ether oxygens (including phenoxy) is 1. The van der Waals surface area contributed by atoms with Gasteiger partial charge in [0.2, 0.25) is 0 Å². The minimum absolute atomic E-state index is 0.673. The summed E-state index contributed by atoms with van der Waals surface area (Å²) < 4.78 is 5.55. The summed E-state index contributed by atoms with van der Waals surface area (Å²) in [5.41, 5.74) is 0. The highest BCUT2D eigenvalue weighted by atomic mass is 16.5. The lowest BCUT2D eigenvalue weighted by Gasteiger charge is -2.08. The molecule has 0 aromatic rings. The number of unbranched alkanes of at least 4 members (excludes halogenated alkanes) is 2. The van der Waals surface area contributed by atoms with Crippen molar-refractivity contribution in [2.24, 2.45) is 5.92 Å². The first-order valence-corrected chi connectivity index (χ1v) is 5.38. The highest BCUT2D eigenvalue weighted by molar-refractivity contribution is 4.68. The summed E-state index contributed by atoms with van der Waals surface area (Å²) in [7, 11) is 0. The van der Waals surface area contributed by atoms with Crippen LogP contribution in [0.2, 0.25) is 0 Å². The molecule has 0 radical (unpaired) electrons. The lowest BCUT2D eigenvalue weighted by atomic mass is 10.1. The zero-order chi connectivity index (χ0) is 9.36. The Balaban J connectivity index is 1.81. The van der Waals surface area contributed by atoms with E-state index in [1.807, 2.05) is 0 Å². The summed E-state index contributed by atoms with van der Waals surface area (Å²) in [5.74, 6) is 0.830. The molecule has 0 aromatic heterocycles. The molecule has 1 aliphatic carbocycles. The maximum Gasteiger partial charge on any atom is 0.0621 e. The Morgan fingerprint density at radius 3 is 2.69 bits per heavy atom. The van der Waals surface area contributed by atoms with Crippen molar-refractivity contribution in [3.05, 3.63) is 0 Å². The Hall–Kier alpha value is -0.550. The Morgan fingerprint density at radius 1 is 1.23 bits per heavy atom. The molecule has 0 amide bonds. The fraction of sp³-hybridized carbons (Fsp3) is 0.909. The van der Waals surface area contributed by atoms with Crippen molar-refractivity contribution in [3.8, 4) is 6.07 Å². The maximum absolute atomic E-state index is 8.30. The maximum atomic E-state index is 8.30. The zero-order valence-corrected chi connectivity index (χ0v) is 8.30. The van der Waals surface area contributed by atoms with Gasteiger partial charge in [0.1, 0.15) is 0 Å². The van der Waals surface area contributed by atoms with Crippen LogP contribution in [-0.4, -0.2) is 13.2 Å². The highest BCUT2D eigenvalue weighted by Crippen LogP contribution is 2.24. The molecule has 0 saturated heterocycles. The van der Waals surface area contributed by atoms with Gasteiger partial charge in [0, 0.05) is 19.6 Å². The number of nitriles is 1. The molecular weight excluding hydrogens is 162 g/mol. The zero-order valence-electron chi connectivity index (χ0n) is 8.30. The third kappa shape index (κ3) is 4.90. The van der Waals surface area contributed by atoms with E-state index in [9.17, 15) is 0 Å². The minimum Gasteiger partial charge on any atom is -0.381 e. The van der Waals surface area contributed by atoms with Crippen LogP contribution in [0.4, 0.5) is 0 Å². The molecule has 0 aliphatic heterocycles. The van der Waals surface area contributed by atoms with Gasteiger partial charge in [-0.05, 0) is 31.6 Å². The van der Waals surface area contributed by atoms with Gasteiger partial charge in [-0.3, -0.25) is 0 Å². The van der Waals surface area contributed by atoms with Crippen molar-refractivity contribution < 1.29 is 4.74 Å². The second-order valence-corrected chi connectivity index (χ2v) is 3.84. The van der Waals surface area contributed by atoms with Crippen molar-refractivity contribution in [3.63, 3.8) is 0 Å². The summed E-state index contributed by atoms with van der Waals surface area (Å²) in [5, 5.41) is 8.30. The molecular formula is C11H19NO. The lowest BCUT2D eigenvalue weighted by Crippen LogP contribution is -2.06. The Bertz CT molecular complexity index is 156. The minimum atomic E-state index is 0.673. The number of hydrogen-bond acceptors (Lipinski definition) is 2. The molecule has 2 nitrogen and oxygen atoms in total. The van der Waals surface area contributed by atoms with Gasteiger partial charge in [0.15, 0.2) is 0 Å². The summed E-state index contributed by atoms with van der Waals surface area (Å²) >= 11 is 0. The Labute approximate surface area is 80.9 Å². The average Bonchev–Trinajstić information content (AvgIpc) is 2.63. The third-order valence-electron chi connectivity index (χ3n) is 2.66. The van der Waals surface area contributed by atoms with E-state index in [0.717, 1.165) is 32.0 Å². The van der Waals surface area contributed by atoms with Crippen LogP contribution in [0.25, 0.3) is 0 Å². The van der Waals surface area contributed by atoms with Crippen LogP contribution in [0.3, 0.4) is 0 Å². The van der Waals surface area contributed by atoms with Crippen molar-refractivity contribution >= 4 is 0 Å².